The van der Waals surface area contributed by atoms with Crippen LogP contribution in [0.15, 0.2) is 34.0 Å². The zero-order valence-corrected chi connectivity index (χ0v) is 7.84. The average Bonchev–Trinajstić information content (AvgIpc) is 2.15. The van der Waals surface area contributed by atoms with Gasteiger partial charge >= 0.3 is 17.6 Å². The number of rotatable bonds is 2. The minimum Gasteiger partial charge on any atom is -0.478 e. The van der Waals surface area contributed by atoms with E-state index >= 15 is 0 Å². The second-order valence-corrected chi connectivity index (χ2v) is 2.31. The third-order valence-corrected chi connectivity index (χ3v) is 1.05. The van der Waals surface area contributed by atoms with Gasteiger partial charge in [-0.15, -0.1) is 0 Å². The summed E-state index contributed by atoms with van der Waals surface area (Å²) in [5.41, 5.74) is -0.855. The quantitative estimate of drug-likeness (QED) is 0.467. The summed E-state index contributed by atoms with van der Waals surface area (Å²) in [6.45, 7) is 0. The van der Waals surface area contributed by atoms with Gasteiger partial charge in [-0.1, -0.05) is 0 Å². The van der Waals surface area contributed by atoms with Gasteiger partial charge in [-0.3, -0.25) is 9.78 Å². The van der Waals surface area contributed by atoms with Crippen LogP contribution in [0, 0.1) is 0 Å². The van der Waals surface area contributed by atoms with Crippen LogP contribution in [0.5, 0.6) is 0 Å². The molecular weight excluding hydrogens is 220 g/mol. The van der Waals surface area contributed by atoms with Gasteiger partial charge in [-0.25, -0.2) is 14.4 Å². The maximum atomic E-state index is 10.2. The minimum atomic E-state index is -1.26. The van der Waals surface area contributed by atoms with E-state index in [4.69, 9.17) is 10.2 Å². The molecule has 4 N–H and O–H groups in total. The number of carboxylic acids is 2. The highest BCUT2D eigenvalue weighted by Gasteiger charge is 1.88. The summed E-state index contributed by atoms with van der Waals surface area (Å²) >= 11 is 0. The molecule has 0 aromatic carbocycles. The number of aromatic nitrogens is 2. The lowest BCUT2D eigenvalue weighted by Crippen LogP contribution is -2.19. The Balaban J connectivity index is 0.000000281. The molecule has 8 nitrogen and oxygen atoms in total. The van der Waals surface area contributed by atoms with E-state index in [0.29, 0.717) is 12.2 Å². The van der Waals surface area contributed by atoms with Crippen LogP contribution in [0.4, 0.5) is 0 Å². The minimum absolute atomic E-state index is 0.381. The van der Waals surface area contributed by atoms with Gasteiger partial charge in [-0.2, -0.15) is 0 Å². The van der Waals surface area contributed by atoms with E-state index in [1.165, 1.54) is 12.3 Å². The molecule has 0 amide bonds. The van der Waals surface area contributed by atoms with Gasteiger partial charge in [0.2, 0.25) is 0 Å². The fourth-order valence-electron chi connectivity index (χ4n) is 0.525. The molecule has 0 saturated carbocycles. The van der Waals surface area contributed by atoms with E-state index in [2.05, 4.69) is 4.98 Å². The highest BCUT2D eigenvalue weighted by molar-refractivity contribution is 5.89. The van der Waals surface area contributed by atoms with Crippen molar-refractivity contribution in [2.24, 2.45) is 0 Å². The molecule has 1 aromatic heterocycles. The fraction of sp³-hybridized carbons (Fsp3) is 0. The van der Waals surface area contributed by atoms with Crippen molar-refractivity contribution < 1.29 is 19.8 Å². The topological polar surface area (TPSA) is 140 Å². The van der Waals surface area contributed by atoms with Crippen LogP contribution in [0.3, 0.4) is 0 Å². The van der Waals surface area contributed by atoms with Crippen LogP contribution >= 0.6 is 0 Å². The summed E-state index contributed by atoms with van der Waals surface area (Å²) in [7, 11) is 0. The molecule has 0 saturated heterocycles. The highest BCUT2D eigenvalue weighted by atomic mass is 16.4. The van der Waals surface area contributed by atoms with Gasteiger partial charge in [0.1, 0.15) is 0 Å². The number of nitrogens with one attached hydrogen (secondary N) is 2. The van der Waals surface area contributed by atoms with Crippen LogP contribution < -0.4 is 11.2 Å². The van der Waals surface area contributed by atoms with Crippen molar-refractivity contribution >= 4 is 11.9 Å². The Labute approximate surface area is 87.9 Å². The molecule has 0 unspecified atom stereocenters. The number of carboxylic acid groups (broad SMARTS) is 2. The number of aliphatic carboxylic acids is 2. The molecule has 86 valence electrons. The van der Waals surface area contributed by atoms with E-state index in [9.17, 15) is 19.2 Å². The molecule has 0 bridgehead atoms. The zero-order chi connectivity index (χ0) is 12.6. The summed E-state index contributed by atoms with van der Waals surface area (Å²) in [6.07, 6.45) is 2.41. The number of hydrogen-bond acceptors (Lipinski definition) is 4. The van der Waals surface area contributed by atoms with Crippen LogP contribution in [-0.4, -0.2) is 32.1 Å². The van der Waals surface area contributed by atoms with Gasteiger partial charge in [0.05, 0.1) is 0 Å². The Morgan fingerprint density at radius 3 is 1.88 bits per heavy atom. The van der Waals surface area contributed by atoms with Crippen molar-refractivity contribution in [3.8, 4) is 0 Å². The number of hydrogen-bond donors (Lipinski definition) is 4. The summed E-state index contributed by atoms with van der Waals surface area (Å²) in [5, 5.41) is 15.6. The van der Waals surface area contributed by atoms with E-state index in [0.717, 1.165) is 0 Å². The summed E-state index contributed by atoms with van der Waals surface area (Å²) in [4.78, 5) is 43.8. The molecule has 0 aliphatic heterocycles. The highest BCUT2D eigenvalue weighted by Crippen LogP contribution is 1.70. The molecule has 0 radical (unpaired) electrons. The van der Waals surface area contributed by atoms with Crippen LogP contribution in [0.2, 0.25) is 0 Å². The summed E-state index contributed by atoms with van der Waals surface area (Å²) in [5.74, 6) is -2.51. The lowest BCUT2D eigenvalue weighted by atomic mass is 10.5. The van der Waals surface area contributed by atoms with Crippen LogP contribution in [0.25, 0.3) is 0 Å². The Morgan fingerprint density at radius 2 is 1.62 bits per heavy atom. The first-order valence-electron chi connectivity index (χ1n) is 3.84. The SMILES string of the molecule is O=C(O)/C=C\C(=O)O.O=c1cc[nH]c(=O)[nH]1. The Kier molecular flexibility index (Phi) is 5.65. The van der Waals surface area contributed by atoms with Crippen LogP contribution in [-0.2, 0) is 9.59 Å². The van der Waals surface area contributed by atoms with Crippen molar-refractivity contribution in [2.45, 2.75) is 0 Å². The summed E-state index contributed by atoms with van der Waals surface area (Å²) < 4.78 is 0. The van der Waals surface area contributed by atoms with Crippen LogP contribution in [0.1, 0.15) is 0 Å². The molecule has 1 rings (SSSR count). The third-order valence-electron chi connectivity index (χ3n) is 1.05. The summed E-state index contributed by atoms with van der Waals surface area (Å²) in [6, 6.07) is 1.24. The molecule has 0 atom stereocenters. The molecule has 0 spiro atoms. The molecule has 1 heterocycles. The van der Waals surface area contributed by atoms with Gasteiger partial charge in [0.15, 0.2) is 0 Å². The van der Waals surface area contributed by atoms with Gasteiger partial charge in [-0.05, 0) is 0 Å². The standard InChI is InChI=1S/C4H4N2O2.C4H4O4/c7-3-1-2-5-4(8)6-3;5-3(6)1-2-4(7)8/h1-2H,(H2,5,6,7,8);1-2H,(H,5,6)(H,7,8)/b;2-1-. The zero-order valence-electron chi connectivity index (χ0n) is 7.84. The smallest absolute Gasteiger partial charge is 0.328 e. The Morgan fingerprint density at radius 1 is 1.12 bits per heavy atom. The fourth-order valence-corrected chi connectivity index (χ4v) is 0.525. The van der Waals surface area contributed by atoms with Crippen molar-refractivity contribution in [1.82, 2.24) is 9.97 Å². The maximum absolute atomic E-state index is 10.2. The molecular formula is C8H8N2O6. The van der Waals surface area contributed by atoms with Crippen molar-refractivity contribution in [2.75, 3.05) is 0 Å². The second-order valence-electron chi connectivity index (χ2n) is 2.31. The van der Waals surface area contributed by atoms with Gasteiger partial charge in [0.25, 0.3) is 5.56 Å². The Hall–Kier alpha value is -2.64. The molecule has 1 aromatic rings. The number of aromatic amines is 2. The molecule has 16 heavy (non-hydrogen) atoms. The number of carbonyl (C=O) groups is 2. The third kappa shape index (κ3) is 7.98. The normalized spacial score (nSPS) is 9.25. The van der Waals surface area contributed by atoms with E-state index in [1.807, 2.05) is 4.98 Å². The van der Waals surface area contributed by atoms with E-state index in [-0.39, 0.29) is 5.56 Å². The Bertz CT molecular complexity index is 456. The first-order valence-corrected chi connectivity index (χ1v) is 3.84. The van der Waals surface area contributed by atoms with Crippen molar-refractivity contribution in [3.05, 3.63) is 45.3 Å². The molecule has 8 heteroatoms. The molecule has 0 fully saturated rings. The number of H-pyrrole nitrogens is 2. The molecule has 0 aliphatic rings. The first kappa shape index (κ1) is 13.4. The second kappa shape index (κ2) is 6.76. The van der Waals surface area contributed by atoms with E-state index < -0.39 is 17.6 Å². The average molecular weight is 228 g/mol. The predicted molar refractivity (Wildman–Crippen MR) is 52.1 cm³/mol. The largest absolute Gasteiger partial charge is 0.478 e. The first-order chi connectivity index (χ1) is 7.41. The van der Waals surface area contributed by atoms with E-state index in [1.54, 1.807) is 0 Å². The lowest BCUT2D eigenvalue weighted by Gasteiger charge is -1.75. The molecule has 0 aliphatic carbocycles. The van der Waals surface area contributed by atoms with Crippen molar-refractivity contribution in [3.63, 3.8) is 0 Å². The van der Waals surface area contributed by atoms with Gasteiger partial charge in [0, 0.05) is 24.4 Å². The van der Waals surface area contributed by atoms with Gasteiger partial charge < -0.3 is 15.2 Å². The predicted octanol–water partition coefficient (Wildman–Crippen LogP) is -1.23. The monoisotopic (exact) mass is 228 g/mol. The maximum Gasteiger partial charge on any atom is 0.328 e. The lowest BCUT2D eigenvalue weighted by molar-refractivity contribution is -0.134. The van der Waals surface area contributed by atoms with Crippen molar-refractivity contribution in [1.29, 1.82) is 0 Å².